The van der Waals surface area contributed by atoms with Gasteiger partial charge in [0.15, 0.2) is 0 Å². The normalized spacial score (nSPS) is 24.6. The van der Waals surface area contributed by atoms with Crippen molar-refractivity contribution in [2.75, 3.05) is 13.6 Å². The molecule has 0 unspecified atom stereocenters. The van der Waals surface area contributed by atoms with Gasteiger partial charge in [0.2, 0.25) is 11.8 Å². The van der Waals surface area contributed by atoms with E-state index < -0.39 is 12.1 Å². The minimum atomic E-state index is -4.07. The highest BCUT2D eigenvalue weighted by Gasteiger charge is 2.42. The highest BCUT2D eigenvalue weighted by molar-refractivity contribution is 4.95. The fourth-order valence-electron chi connectivity index (χ4n) is 2.43. The van der Waals surface area contributed by atoms with E-state index in [9.17, 15) is 13.2 Å². The molecule has 1 aromatic heterocycles. The first kappa shape index (κ1) is 14.3. The summed E-state index contributed by atoms with van der Waals surface area (Å²) < 4.78 is 43.2. The quantitative estimate of drug-likeness (QED) is 0.919. The zero-order valence-corrected chi connectivity index (χ0v) is 10.8. The maximum absolute atomic E-state index is 12.6. The molecule has 0 amide bonds. The molecule has 1 saturated carbocycles. The average Bonchev–Trinajstić information content (AvgIpc) is 2.84. The standard InChI is InChI=1S/C12H18F3N3O/c1-16-7-6-10-17-18-11(19-10)8-2-4-9(5-3-8)12(13,14)15/h8-9,16H,2-7H2,1H3. The van der Waals surface area contributed by atoms with Crippen molar-refractivity contribution in [1.82, 2.24) is 15.5 Å². The van der Waals surface area contributed by atoms with Crippen molar-refractivity contribution in [2.45, 2.75) is 44.2 Å². The Morgan fingerprint density at radius 3 is 2.47 bits per heavy atom. The van der Waals surface area contributed by atoms with Crippen LogP contribution < -0.4 is 5.32 Å². The molecule has 1 aliphatic carbocycles. The number of hydrogen-bond acceptors (Lipinski definition) is 4. The van der Waals surface area contributed by atoms with Gasteiger partial charge < -0.3 is 9.73 Å². The van der Waals surface area contributed by atoms with Crippen molar-refractivity contribution < 1.29 is 17.6 Å². The second-order valence-corrected chi connectivity index (χ2v) is 4.98. The predicted molar refractivity (Wildman–Crippen MR) is 62.7 cm³/mol. The summed E-state index contributed by atoms with van der Waals surface area (Å²) in [7, 11) is 1.83. The zero-order chi connectivity index (χ0) is 13.9. The van der Waals surface area contributed by atoms with E-state index >= 15 is 0 Å². The van der Waals surface area contributed by atoms with Crippen LogP contribution in [0.15, 0.2) is 4.42 Å². The number of alkyl halides is 3. The molecule has 2 rings (SSSR count). The Balaban J connectivity index is 1.89. The Morgan fingerprint density at radius 1 is 1.21 bits per heavy atom. The van der Waals surface area contributed by atoms with Crippen LogP contribution in [0.25, 0.3) is 0 Å². The highest BCUT2D eigenvalue weighted by Crippen LogP contribution is 2.42. The molecule has 1 N–H and O–H groups in total. The smallest absolute Gasteiger partial charge is 0.391 e. The lowest BCUT2D eigenvalue weighted by Crippen LogP contribution is -2.27. The molecule has 19 heavy (non-hydrogen) atoms. The molecule has 1 aliphatic rings. The predicted octanol–water partition coefficient (Wildman–Crippen LogP) is 2.67. The van der Waals surface area contributed by atoms with Crippen molar-refractivity contribution in [3.63, 3.8) is 0 Å². The molecular weight excluding hydrogens is 259 g/mol. The lowest BCUT2D eigenvalue weighted by Gasteiger charge is -2.27. The number of likely N-dealkylation sites (N-methyl/N-ethyl adjacent to an activating group) is 1. The Morgan fingerprint density at radius 2 is 1.89 bits per heavy atom. The van der Waals surface area contributed by atoms with Gasteiger partial charge >= 0.3 is 6.18 Å². The van der Waals surface area contributed by atoms with Crippen molar-refractivity contribution in [1.29, 1.82) is 0 Å². The summed E-state index contributed by atoms with van der Waals surface area (Å²) in [6.45, 7) is 0.739. The summed E-state index contributed by atoms with van der Waals surface area (Å²) in [4.78, 5) is 0. The summed E-state index contributed by atoms with van der Waals surface area (Å²) in [6, 6.07) is 0. The molecule has 1 aromatic rings. The first-order valence-electron chi connectivity index (χ1n) is 6.54. The average molecular weight is 277 g/mol. The van der Waals surface area contributed by atoms with E-state index in [0.717, 1.165) is 6.54 Å². The topological polar surface area (TPSA) is 51.0 Å². The minimum absolute atomic E-state index is 0.0190. The first-order chi connectivity index (χ1) is 9.00. The van der Waals surface area contributed by atoms with Gasteiger partial charge in [-0.25, -0.2) is 0 Å². The molecule has 0 aromatic carbocycles. The highest BCUT2D eigenvalue weighted by atomic mass is 19.4. The van der Waals surface area contributed by atoms with Gasteiger partial charge in [-0.1, -0.05) is 0 Å². The molecule has 0 bridgehead atoms. The largest absolute Gasteiger partial charge is 0.425 e. The summed E-state index contributed by atoms with van der Waals surface area (Å²) in [5, 5.41) is 10.8. The van der Waals surface area contributed by atoms with Gasteiger partial charge in [0, 0.05) is 18.9 Å². The third kappa shape index (κ3) is 3.68. The zero-order valence-electron chi connectivity index (χ0n) is 10.8. The third-order valence-corrected chi connectivity index (χ3v) is 3.61. The van der Waals surface area contributed by atoms with E-state index in [2.05, 4.69) is 15.5 Å². The molecule has 108 valence electrons. The second kappa shape index (κ2) is 5.90. The molecule has 0 radical (unpaired) electrons. The van der Waals surface area contributed by atoms with E-state index in [1.165, 1.54) is 0 Å². The van der Waals surface area contributed by atoms with Crippen LogP contribution in [0.5, 0.6) is 0 Å². The summed E-state index contributed by atoms with van der Waals surface area (Å²) in [6.07, 6.45) is -2.18. The number of rotatable bonds is 4. The molecule has 0 aliphatic heterocycles. The maximum atomic E-state index is 12.6. The van der Waals surface area contributed by atoms with Gasteiger partial charge in [-0.05, 0) is 32.7 Å². The molecule has 0 spiro atoms. The van der Waals surface area contributed by atoms with Crippen molar-refractivity contribution in [3.8, 4) is 0 Å². The van der Waals surface area contributed by atoms with Gasteiger partial charge in [0.1, 0.15) is 0 Å². The van der Waals surface area contributed by atoms with E-state index in [0.29, 0.717) is 31.0 Å². The van der Waals surface area contributed by atoms with Crippen molar-refractivity contribution >= 4 is 0 Å². The van der Waals surface area contributed by atoms with E-state index in [1.54, 1.807) is 0 Å². The van der Waals surface area contributed by atoms with Gasteiger partial charge in [-0.15, -0.1) is 10.2 Å². The first-order valence-corrected chi connectivity index (χ1v) is 6.54. The fraction of sp³-hybridized carbons (Fsp3) is 0.833. The third-order valence-electron chi connectivity index (χ3n) is 3.61. The number of hydrogen-bond donors (Lipinski definition) is 1. The monoisotopic (exact) mass is 277 g/mol. The Kier molecular flexibility index (Phi) is 4.44. The fourth-order valence-corrected chi connectivity index (χ4v) is 2.43. The Hall–Kier alpha value is -1.11. The van der Waals surface area contributed by atoms with Crippen molar-refractivity contribution in [2.24, 2.45) is 5.92 Å². The number of nitrogens with one attached hydrogen (secondary N) is 1. The van der Waals surface area contributed by atoms with Gasteiger partial charge in [0.05, 0.1) is 5.92 Å². The van der Waals surface area contributed by atoms with Gasteiger partial charge in [-0.2, -0.15) is 13.2 Å². The molecular formula is C12H18F3N3O. The summed E-state index contributed by atoms with van der Waals surface area (Å²) in [5.41, 5.74) is 0. The number of halogens is 3. The maximum Gasteiger partial charge on any atom is 0.391 e. The van der Waals surface area contributed by atoms with Crippen molar-refractivity contribution in [3.05, 3.63) is 11.8 Å². The van der Waals surface area contributed by atoms with Crippen LogP contribution in [-0.4, -0.2) is 30.0 Å². The number of nitrogens with zero attached hydrogens (tertiary/aromatic N) is 2. The van der Waals surface area contributed by atoms with Gasteiger partial charge in [-0.3, -0.25) is 0 Å². The van der Waals surface area contributed by atoms with E-state index in [1.807, 2.05) is 7.05 Å². The second-order valence-electron chi connectivity index (χ2n) is 4.98. The van der Waals surface area contributed by atoms with E-state index in [-0.39, 0.29) is 18.8 Å². The van der Waals surface area contributed by atoms with Crippen LogP contribution in [0.1, 0.15) is 43.4 Å². The summed E-state index contributed by atoms with van der Waals surface area (Å²) >= 11 is 0. The van der Waals surface area contributed by atoms with Crippen LogP contribution in [0.4, 0.5) is 13.2 Å². The van der Waals surface area contributed by atoms with Crippen LogP contribution in [0, 0.1) is 5.92 Å². The molecule has 4 nitrogen and oxygen atoms in total. The van der Waals surface area contributed by atoms with Crippen LogP contribution in [-0.2, 0) is 6.42 Å². The summed E-state index contributed by atoms with van der Waals surface area (Å²) in [5.74, 6) is -0.154. The Labute approximate surface area is 109 Å². The Bertz CT molecular complexity index is 397. The molecule has 1 heterocycles. The molecule has 1 fully saturated rings. The van der Waals surface area contributed by atoms with Crippen LogP contribution in [0.2, 0.25) is 0 Å². The van der Waals surface area contributed by atoms with Gasteiger partial charge in [0.25, 0.3) is 0 Å². The number of aromatic nitrogens is 2. The minimum Gasteiger partial charge on any atom is -0.425 e. The SMILES string of the molecule is CNCCc1nnc(C2CCC(C(F)(F)F)CC2)o1. The van der Waals surface area contributed by atoms with Crippen LogP contribution >= 0.6 is 0 Å². The molecule has 0 saturated heterocycles. The van der Waals surface area contributed by atoms with E-state index in [4.69, 9.17) is 4.42 Å². The lowest BCUT2D eigenvalue weighted by molar-refractivity contribution is -0.182. The molecule has 7 heteroatoms. The molecule has 0 atom stereocenters. The van der Waals surface area contributed by atoms with Crippen LogP contribution in [0.3, 0.4) is 0 Å². The lowest BCUT2D eigenvalue weighted by atomic mass is 9.81.